The number of nitrogens with one attached hydrogen (secondary N) is 1. The summed E-state index contributed by atoms with van der Waals surface area (Å²) < 4.78 is 11.0. The van der Waals surface area contributed by atoms with Crippen LogP contribution in [0.15, 0.2) is 53.6 Å². The van der Waals surface area contributed by atoms with Crippen molar-refractivity contribution in [1.29, 1.82) is 0 Å². The molecule has 0 radical (unpaired) electrons. The second-order valence-corrected chi connectivity index (χ2v) is 6.24. The molecule has 2 aromatic rings. The van der Waals surface area contributed by atoms with Gasteiger partial charge in [-0.3, -0.25) is 4.79 Å². The molecule has 0 aliphatic rings. The van der Waals surface area contributed by atoms with Gasteiger partial charge in [0.2, 0.25) is 0 Å². The molecule has 2 rings (SSSR count). The smallest absolute Gasteiger partial charge is 0.277 e. The van der Waals surface area contributed by atoms with E-state index in [1.54, 1.807) is 18.3 Å². The van der Waals surface area contributed by atoms with Crippen molar-refractivity contribution in [2.45, 2.75) is 19.8 Å². The number of rotatable bonds is 10. The Morgan fingerprint density at radius 1 is 1.04 bits per heavy atom. The van der Waals surface area contributed by atoms with Crippen molar-refractivity contribution in [3.63, 3.8) is 0 Å². The average molecular weight is 369 g/mol. The molecule has 1 amide bonds. The van der Waals surface area contributed by atoms with E-state index in [0.29, 0.717) is 12.4 Å². The fourth-order valence-corrected chi connectivity index (χ4v) is 2.18. The van der Waals surface area contributed by atoms with E-state index in [4.69, 9.17) is 9.47 Å². The molecule has 6 heteroatoms. The van der Waals surface area contributed by atoms with E-state index in [1.807, 2.05) is 55.4 Å². The number of carbonyl (C=O) groups is 1. The first-order valence-electron chi connectivity index (χ1n) is 9.03. The average Bonchev–Trinajstić information content (AvgIpc) is 2.68. The summed E-state index contributed by atoms with van der Waals surface area (Å²) in [5, 5.41) is 3.95. The molecule has 1 N–H and O–H groups in total. The minimum Gasteiger partial charge on any atom is -0.494 e. The molecular weight excluding hydrogens is 342 g/mol. The van der Waals surface area contributed by atoms with Crippen molar-refractivity contribution in [3.05, 3.63) is 54.1 Å². The van der Waals surface area contributed by atoms with Crippen LogP contribution in [0.25, 0.3) is 0 Å². The molecule has 0 aliphatic heterocycles. The molecule has 0 bridgehead atoms. The number of anilines is 1. The van der Waals surface area contributed by atoms with Crippen molar-refractivity contribution >= 4 is 17.8 Å². The fraction of sp³-hybridized carbons (Fsp3) is 0.333. The van der Waals surface area contributed by atoms with E-state index in [1.165, 1.54) is 0 Å². The maximum Gasteiger partial charge on any atom is 0.277 e. The number of benzene rings is 2. The first-order valence-corrected chi connectivity index (χ1v) is 9.03. The minimum absolute atomic E-state index is 0.104. The Hall–Kier alpha value is -3.02. The Morgan fingerprint density at radius 2 is 1.67 bits per heavy atom. The quantitative estimate of drug-likeness (QED) is 0.396. The van der Waals surface area contributed by atoms with Gasteiger partial charge in [-0.25, -0.2) is 5.43 Å². The second-order valence-electron chi connectivity index (χ2n) is 6.24. The predicted octanol–water partition coefficient (Wildman–Crippen LogP) is 3.46. The summed E-state index contributed by atoms with van der Waals surface area (Å²) in [7, 11) is 3.96. The Bertz CT molecular complexity index is 725. The zero-order valence-corrected chi connectivity index (χ0v) is 16.1. The number of nitrogens with zero attached hydrogens (tertiary/aromatic N) is 2. The zero-order valence-electron chi connectivity index (χ0n) is 16.1. The van der Waals surface area contributed by atoms with Crippen LogP contribution in [-0.2, 0) is 4.79 Å². The van der Waals surface area contributed by atoms with Crippen molar-refractivity contribution in [2.75, 3.05) is 32.2 Å². The number of ether oxygens (including phenoxy) is 2. The van der Waals surface area contributed by atoms with Gasteiger partial charge in [0.15, 0.2) is 6.61 Å². The lowest BCUT2D eigenvalue weighted by Crippen LogP contribution is -2.24. The van der Waals surface area contributed by atoms with Gasteiger partial charge >= 0.3 is 0 Å². The van der Waals surface area contributed by atoms with Crippen LogP contribution in [0.1, 0.15) is 25.3 Å². The summed E-state index contributed by atoms with van der Waals surface area (Å²) in [6.45, 7) is 2.72. The summed E-state index contributed by atoms with van der Waals surface area (Å²) in [5.41, 5.74) is 4.46. The van der Waals surface area contributed by atoms with Crippen LogP contribution in [0.2, 0.25) is 0 Å². The van der Waals surface area contributed by atoms with Gasteiger partial charge in [0.1, 0.15) is 11.5 Å². The Balaban J connectivity index is 1.72. The topological polar surface area (TPSA) is 63.2 Å². The molecule has 0 unspecified atom stereocenters. The lowest BCUT2D eigenvalue weighted by Gasteiger charge is -2.11. The highest BCUT2D eigenvalue weighted by molar-refractivity contribution is 5.83. The molecule has 6 nitrogen and oxygen atoms in total. The normalized spacial score (nSPS) is 10.6. The molecule has 0 atom stereocenters. The summed E-state index contributed by atoms with van der Waals surface area (Å²) in [4.78, 5) is 13.8. The number of unbranched alkanes of at least 4 members (excludes halogenated alkanes) is 1. The van der Waals surface area contributed by atoms with E-state index in [9.17, 15) is 4.79 Å². The SMILES string of the molecule is CCCCOc1ccc(OCC(=O)N/N=C/c2ccc(N(C)C)cc2)cc1. The first-order chi connectivity index (χ1) is 13.1. The molecule has 0 saturated heterocycles. The summed E-state index contributed by atoms with van der Waals surface area (Å²) in [6.07, 6.45) is 3.72. The minimum atomic E-state index is -0.320. The number of carbonyl (C=O) groups excluding carboxylic acids is 1. The standard InChI is InChI=1S/C21H27N3O3/c1-4-5-14-26-19-10-12-20(13-11-19)27-16-21(25)23-22-15-17-6-8-18(9-7-17)24(2)3/h6-13,15H,4-5,14,16H2,1-3H3,(H,23,25)/b22-15+. The molecule has 0 aromatic heterocycles. The maximum absolute atomic E-state index is 11.8. The zero-order chi connectivity index (χ0) is 19.5. The van der Waals surface area contributed by atoms with Crippen LogP contribution < -0.4 is 19.8 Å². The van der Waals surface area contributed by atoms with Crippen LogP contribution in [0.4, 0.5) is 5.69 Å². The van der Waals surface area contributed by atoms with Gasteiger partial charge in [0.05, 0.1) is 12.8 Å². The van der Waals surface area contributed by atoms with E-state index in [0.717, 1.165) is 29.8 Å². The number of hydrogen-bond donors (Lipinski definition) is 1. The highest BCUT2D eigenvalue weighted by atomic mass is 16.5. The van der Waals surface area contributed by atoms with Crippen molar-refractivity contribution in [1.82, 2.24) is 5.43 Å². The van der Waals surface area contributed by atoms with Crippen molar-refractivity contribution in [2.24, 2.45) is 5.10 Å². The highest BCUT2D eigenvalue weighted by Gasteiger charge is 2.02. The lowest BCUT2D eigenvalue weighted by atomic mass is 10.2. The van der Waals surface area contributed by atoms with Gasteiger partial charge < -0.3 is 14.4 Å². The summed E-state index contributed by atoms with van der Waals surface area (Å²) in [5.74, 6) is 1.08. The molecule has 0 aliphatic carbocycles. The van der Waals surface area contributed by atoms with Gasteiger partial charge in [0.25, 0.3) is 5.91 Å². The maximum atomic E-state index is 11.8. The third kappa shape index (κ3) is 7.40. The van der Waals surface area contributed by atoms with E-state index in [2.05, 4.69) is 17.5 Å². The molecule has 27 heavy (non-hydrogen) atoms. The number of hydrogen-bond acceptors (Lipinski definition) is 5. The van der Waals surface area contributed by atoms with Gasteiger partial charge in [-0.15, -0.1) is 0 Å². The highest BCUT2D eigenvalue weighted by Crippen LogP contribution is 2.17. The fourth-order valence-electron chi connectivity index (χ4n) is 2.18. The molecule has 0 saturated carbocycles. The third-order valence-electron chi connectivity index (χ3n) is 3.77. The van der Waals surface area contributed by atoms with Crippen LogP contribution in [0.5, 0.6) is 11.5 Å². The van der Waals surface area contributed by atoms with E-state index >= 15 is 0 Å². The summed E-state index contributed by atoms with van der Waals surface area (Å²) >= 11 is 0. The largest absolute Gasteiger partial charge is 0.494 e. The Kier molecular flexibility index (Phi) is 8.16. The van der Waals surface area contributed by atoms with Crippen LogP contribution in [-0.4, -0.2) is 39.4 Å². The monoisotopic (exact) mass is 369 g/mol. The van der Waals surface area contributed by atoms with E-state index < -0.39 is 0 Å². The first kappa shape index (κ1) is 20.3. The van der Waals surface area contributed by atoms with Crippen molar-refractivity contribution in [3.8, 4) is 11.5 Å². The molecule has 0 heterocycles. The number of hydrazone groups is 1. The van der Waals surface area contributed by atoms with Crippen LogP contribution in [0, 0.1) is 0 Å². The molecule has 0 spiro atoms. The third-order valence-corrected chi connectivity index (χ3v) is 3.77. The van der Waals surface area contributed by atoms with Crippen molar-refractivity contribution < 1.29 is 14.3 Å². The Morgan fingerprint density at radius 3 is 2.26 bits per heavy atom. The summed E-state index contributed by atoms with van der Waals surface area (Å²) in [6, 6.07) is 15.1. The molecular formula is C21H27N3O3. The van der Waals surface area contributed by atoms with Gasteiger partial charge in [0, 0.05) is 19.8 Å². The lowest BCUT2D eigenvalue weighted by molar-refractivity contribution is -0.123. The molecule has 2 aromatic carbocycles. The number of amides is 1. The predicted molar refractivity (Wildman–Crippen MR) is 109 cm³/mol. The van der Waals surface area contributed by atoms with Crippen LogP contribution >= 0.6 is 0 Å². The van der Waals surface area contributed by atoms with E-state index in [-0.39, 0.29) is 12.5 Å². The van der Waals surface area contributed by atoms with Crippen LogP contribution in [0.3, 0.4) is 0 Å². The van der Waals surface area contributed by atoms with Gasteiger partial charge in [-0.05, 0) is 48.4 Å². The molecule has 0 fully saturated rings. The Labute approximate surface area is 160 Å². The second kappa shape index (κ2) is 10.9. The van der Waals surface area contributed by atoms with Gasteiger partial charge in [-0.2, -0.15) is 5.10 Å². The van der Waals surface area contributed by atoms with Gasteiger partial charge in [-0.1, -0.05) is 25.5 Å². The molecule has 144 valence electrons.